The SMILES string of the molecule is Cc1c(-c2cc3cc(NC(=O)OC4CN(C(=O)OC(C)(C)C)C4)ncc3c(Cl)c2F)cnc2c1N(C(=O)O)CCO2. The summed E-state index contributed by atoms with van der Waals surface area (Å²) in [5, 5.41) is 12.7. The molecule has 4 heterocycles. The number of carboxylic acid groups (broad SMARTS) is 1. The molecule has 1 aromatic carbocycles. The van der Waals surface area contributed by atoms with Gasteiger partial charge in [-0.05, 0) is 50.8 Å². The Morgan fingerprint density at radius 3 is 2.59 bits per heavy atom. The molecule has 41 heavy (non-hydrogen) atoms. The Morgan fingerprint density at radius 1 is 1.17 bits per heavy atom. The number of amides is 3. The summed E-state index contributed by atoms with van der Waals surface area (Å²) in [7, 11) is 0. The van der Waals surface area contributed by atoms with Gasteiger partial charge in [-0.3, -0.25) is 10.2 Å². The van der Waals surface area contributed by atoms with E-state index in [2.05, 4.69) is 15.3 Å². The number of hydrogen-bond acceptors (Lipinski definition) is 8. The van der Waals surface area contributed by atoms with Crippen molar-refractivity contribution in [1.29, 1.82) is 0 Å². The number of nitrogens with one attached hydrogen (secondary N) is 1. The standard InChI is InChI=1S/C27H27ClFN5O7/c1-13-17(9-31-23-22(13)34(25(36)37)5-6-39-23)16-7-14-8-19(30-10-18(14)20(28)21(16)29)32-24(35)40-15-11-33(12-15)26(38)41-27(2,3)4/h7-10,15H,5-6,11-12H2,1-4H3,(H,36,37)(H,30,32,35). The molecule has 0 atom stereocenters. The van der Waals surface area contributed by atoms with Crippen LogP contribution in [0.15, 0.2) is 24.5 Å². The number of hydrogen-bond donors (Lipinski definition) is 2. The normalized spacial score (nSPS) is 15.1. The van der Waals surface area contributed by atoms with Crippen LogP contribution in [0.4, 0.5) is 30.3 Å². The number of benzene rings is 1. The second kappa shape index (κ2) is 10.5. The fourth-order valence-electron chi connectivity index (χ4n) is 4.57. The van der Waals surface area contributed by atoms with E-state index in [4.69, 9.17) is 25.8 Å². The Balaban J connectivity index is 1.36. The lowest BCUT2D eigenvalue weighted by Gasteiger charge is -2.38. The number of carbonyl (C=O) groups excluding carboxylic acids is 2. The van der Waals surface area contributed by atoms with Gasteiger partial charge in [0.15, 0.2) is 0 Å². The highest BCUT2D eigenvalue weighted by molar-refractivity contribution is 6.36. The Labute approximate surface area is 238 Å². The van der Waals surface area contributed by atoms with Gasteiger partial charge in [0, 0.05) is 28.9 Å². The summed E-state index contributed by atoms with van der Waals surface area (Å²) in [6.45, 7) is 7.59. The number of pyridine rings is 2. The average molecular weight is 588 g/mol. The van der Waals surface area contributed by atoms with E-state index in [9.17, 15) is 19.5 Å². The summed E-state index contributed by atoms with van der Waals surface area (Å²) in [5.74, 6) is -0.462. The number of ether oxygens (including phenoxy) is 3. The van der Waals surface area contributed by atoms with Crippen molar-refractivity contribution >= 4 is 52.2 Å². The summed E-state index contributed by atoms with van der Waals surface area (Å²) < 4.78 is 31.6. The summed E-state index contributed by atoms with van der Waals surface area (Å²) >= 11 is 6.37. The molecule has 2 aromatic heterocycles. The maximum absolute atomic E-state index is 15.5. The van der Waals surface area contributed by atoms with Gasteiger partial charge in [-0.2, -0.15) is 0 Å². The number of halogens is 2. The van der Waals surface area contributed by atoms with Gasteiger partial charge in [-0.1, -0.05) is 11.6 Å². The maximum Gasteiger partial charge on any atom is 0.413 e. The molecular weight excluding hydrogens is 561 g/mol. The van der Waals surface area contributed by atoms with E-state index < -0.39 is 35.8 Å². The zero-order valence-corrected chi connectivity index (χ0v) is 23.4. The van der Waals surface area contributed by atoms with E-state index in [1.54, 1.807) is 27.7 Å². The maximum atomic E-state index is 15.5. The molecule has 1 fully saturated rings. The number of fused-ring (bicyclic) bond motifs is 2. The Bertz CT molecular complexity index is 1570. The molecule has 2 aliphatic heterocycles. The van der Waals surface area contributed by atoms with Crippen LogP contribution in [-0.2, 0) is 9.47 Å². The first-order valence-electron chi connectivity index (χ1n) is 12.7. The van der Waals surface area contributed by atoms with Crippen LogP contribution in [0.2, 0.25) is 5.02 Å². The first-order valence-corrected chi connectivity index (χ1v) is 13.1. The van der Waals surface area contributed by atoms with E-state index in [0.717, 1.165) is 4.90 Å². The van der Waals surface area contributed by atoms with Crippen LogP contribution in [0.25, 0.3) is 21.9 Å². The number of rotatable bonds is 3. The minimum atomic E-state index is -1.18. The lowest BCUT2D eigenvalue weighted by atomic mass is 9.97. The second-order valence-electron chi connectivity index (χ2n) is 10.6. The highest BCUT2D eigenvalue weighted by Gasteiger charge is 2.36. The summed E-state index contributed by atoms with van der Waals surface area (Å²) in [4.78, 5) is 47.2. The number of likely N-dealkylation sites (tertiary alicyclic amines) is 1. The Morgan fingerprint density at radius 2 is 1.90 bits per heavy atom. The predicted octanol–water partition coefficient (Wildman–Crippen LogP) is 5.44. The van der Waals surface area contributed by atoms with Crippen molar-refractivity contribution in [2.75, 3.05) is 36.5 Å². The number of nitrogens with zero attached hydrogens (tertiary/aromatic N) is 4. The summed E-state index contributed by atoms with van der Waals surface area (Å²) in [6, 6.07) is 3.03. The minimum Gasteiger partial charge on any atom is -0.474 e. The quantitative estimate of drug-likeness (QED) is 0.409. The third kappa shape index (κ3) is 5.62. The largest absolute Gasteiger partial charge is 0.474 e. The van der Waals surface area contributed by atoms with Gasteiger partial charge in [0.05, 0.1) is 24.7 Å². The minimum absolute atomic E-state index is 0.0858. The number of aromatic nitrogens is 2. The zero-order chi connectivity index (χ0) is 29.6. The van der Waals surface area contributed by atoms with Crippen molar-refractivity contribution in [3.63, 3.8) is 0 Å². The van der Waals surface area contributed by atoms with Crippen LogP contribution in [-0.4, -0.2) is 76.2 Å². The lowest BCUT2D eigenvalue weighted by Crippen LogP contribution is -2.56. The third-order valence-corrected chi connectivity index (χ3v) is 6.89. The molecule has 2 aliphatic rings. The number of anilines is 2. The van der Waals surface area contributed by atoms with Crippen LogP contribution in [0.1, 0.15) is 26.3 Å². The van der Waals surface area contributed by atoms with E-state index in [0.29, 0.717) is 21.9 Å². The summed E-state index contributed by atoms with van der Waals surface area (Å²) in [6.07, 6.45) is -0.222. The average Bonchev–Trinajstić information content (AvgIpc) is 2.87. The molecule has 216 valence electrons. The zero-order valence-electron chi connectivity index (χ0n) is 22.7. The first-order chi connectivity index (χ1) is 19.3. The van der Waals surface area contributed by atoms with Gasteiger partial charge < -0.3 is 24.2 Å². The summed E-state index contributed by atoms with van der Waals surface area (Å²) in [5.41, 5.74) is 0.465. The smallest absolute Gasteiger partial charge is 0.413 e. The van der Waals surface area contributed by atoms with Crippen molar-refractivity contribution in [3.8, 4) is 17.0 Å². The molecule has 12 nitrogen and oxygen atoms in total. The molecule has 1 saturated heterocycles. The van der Waals surface area contributed by atoms with Crippen LogP contribution in [0.3, 0.4) is 0 Å². The van der Waals surface area contributed by atoms with Crippen LogP contribution < -0.4 is 15.0 Å². The van der Waals surface area contributed by atoms with Crippen LogP contribution in [0.5, 0.6) is 5.88 Å². The van der Waals surface area contributed by atoms with Gasteiger partial charge in [-0.25, -0.2) is 28.7 Å². The molecule has 0 bridgehead atoms. The van der Waals surface area contributed by atoms with Crippen molar-refractivity contribution in [2.24, 2.45) is 0 Å². The highest BCUT2D eigenvalue weighted by Crippen LogP contribution is 2.42. The molecule has 0 spiro atoms. The highest BCUT2D eigenvalue weighted by atomic mass is 35.5. The molecule has 5 rings (SSSR count). The van der Waals surface area contributed by atoms with Crippen molar-refractivity contribution < 1.29 is 38.1 Å². The van der Waals surface area contributed by atoms with Crippen LogP contribution in [0, 0.1) is 12.7 Å². The monoisotopic (exact) mass is 587 g/mol. The molecule has 2 N–H and O–H groups in total. The van der Waals surface area contributed by atoms with Gasteiger partial charge in [0.25, 0.3) is 0 Å². The number of carbonyl (C=O) groups is 3. The second-order valence-corrected chi connectivity index (χ2v) is 11.0. The third-order valence-electron chi connectivity index (χ3n) is 6.52. The first kappa shape index (κ1) is 28.1. The van der Waals surface area contributed by atoms with Gasteiger partial charge in [0.2, 0.25) is 5.88 Å². The van der Waals surface area contributed by atoms with Crippen molar-refractivity contribution in [3.05, 3.63) is 40.9 Å². The van der Waals surface area contributed by atoms with Crippen molar-refractivity contribution in [1.82, 2.24) is 14.9 Å². The molecule has 14 heteroatoms. The van der Waals surface area contributed by atoms with Crippen molar-refractivity contribution in [2.45, 2.75) is 39.4 Å². The molecule has 3 amide bonds. The molecule has 0 saturated carbocycles. The predicted molar refractivity (Wildman–Crippen MR) is 147 cm³/mol. The molecule has 0 unspecified atom stereocenters. The van der Waals surface area contributed by atoms with Gasteiger partial charge >= 0.3 is 18.3 Å². The topological polar surface area (TPSA) is 143 Å². The Hall–Kier alpha value is -4.39. The lowest BCUT2D eigenvalue weighted by molar-refractivity contribution is -0.0339. The molecule has 3 aromatic rings. The van der Waals surface area contributed by atoms with E-state index >= 15 is 4.39 Å². The molecule has 0 aliphatic carbocycles. The van der Waals surface area contributed by atoms with E-state index in [1.165, 1.54) is 29.4 Å². The molecule has 0 radical (unpaired) electrons. The van der Waals surface area contributed by atoms with E-state index in [1.807, 2.05) is 0 Å². The van der Waals surface area contributed by atoms with Crippen LogP contribution >= 0.6 is 11.6 Å². The van der Waals surface area contributed by atoms with Gasteiger partial charge in [0.1, 0.15) is 35.6 Å². The fraction of sp³-hybridized carbons (Fsp3) is 0.370. The molecular formula is C27H27ClFN5O7. The fourth-order valence-corrected chi connectivity index (χ4v) is 4.83. The van der Waals surface area contributed by atoms with E-state index in [-0.39, 0.29) is 54.2 Å². The Kier molecular flexibility index (Phi) is 7.24. The van der Waals surface area contributed by atoms with Gasteiger partial charge in [-0.15, -0.1) is 0 Å².